The van der Waals surface area contributed by atoms with Crippen LogP contribution in [0.2, 0.25) is 10.0 Å². The normalized spacial score (nSPS) is 17.3. The van der Waals surface area contributed by atoms with E-state index in [4.69, 9.17) is 23.2 Å². The molecule has 1 aromatic rings. The van der Waals surface area contributed by atoms with Gasteiger partial charge in [0.05, 0.1) is 10.0 Å². The lowest BCUT2D eigenvalue weighted by Crippen LogP contribution is -2.25. The van der Waals surface area contributed by atoms with Crippen LogP contribution in [0.5, 0.6) is 0 Å². The predicted molar refractivity (Wildman–Crippen MR) is 78.2 cm³/mol. The zero-order valence-corrected chi connectivity index (χ0v) is 12.0. The van der Waals surface area contributed by atoms with Crippen LogP contribution in [0.4, 0.5) is 0 Å². The van der Waals surface area contributed by atoms with Crippen molar-refractivity contribution in [1.29, 1.82) is 0 Å². The van der Waals surface area contributed by atoms with Gasteiger partial charge in [-0.05, 0) is 54.5 Å². The van der Waals surface area contributed by atoms with E-state index in [0.717, 1.165) is 19.0 Å². The van der Waals surface area contributed by atoms with E-state index < -0.39 is 0 Å². The Balaban J connectivity index is 1.75. The van der Waals surface area contributed by atoms with Crippen LogP contribution in [0.3, 0.4) is 0 Å². The first kappa shape index (κ1) is 13.5. The molecule has 1 saturated heterocycles. The van der Waals surface area contributed by atoms with Crippen molar-refractivity contribution >= 4 is 35.0 Å². The molecule has 0 bridgehead atoms. The molecule has 1 fully saturated rings. The summed E-state index contributed by atoms with van der Waals surface area (Å²) in [6.07, 6.45) is 2.69. The summed E-state index contributed by atoms with van der Waals surface area (Å²) < 4.78 is 0. The van der Waals surface area contributed by atoms with Gasteiger partial charge in [-0.25, -0.2) is 0 Å². The molecule has 0 atom stereocenters. The van der Waals surface area contributed by atoms with Crippen molar-refractivity contribution in [3.63, 3.8) is 0 Å². The molecule has 1 aliphatic heterocycles. The van der Waals surface area contributed by atoms with E-state index in [1.807, 2.05) is 18.2 Å². The second-order valence-electron chi connectivity index (χ2n) is 4.44. The second kappa shape index (κ2) is 6.89. The average molecular weight is 290 g/mol. The maximum absolute atomic E-state index is 5.98. The third kappa shape index (κ3) is 4.36. The van der Waals surface area contributed by atoms with Gasteiger partial charge in [0.2, 0.25) is 0 Å². The number of hydrogen-bond acceptors (Lipinski definition) is 2. The topological polar surface area (TPSA) is 12.0 Å². The summed E-state index contributed by atoms with van der Waals surface area (Å²) in [5, 5.41) is 4.77. The van der Waals surface area contributed by atoms with Crippen molar-refractivity contribution in [2.24, 2.45) is 5.92 Å². The third-order valence-corrected chi connectivity index (χ3v) is 4.87. The Kier molecular flexibility index (Phi) is 5.49. The van der Waals surface area contributed by atoms with Gasteiger partial charge in [0, 0.05) is 6.54 Å². The molecule has 0 aliphatic carbocycles. The highest BCUT2D eigenvalue weighted by Crippen LogP contribution is 2.23. The van der Waals surface area contributed by atoms with Crippen molar-refractivity contribution < 1.29 is 0 Å². The summed E-state index contributed by atoms with van der Waals surface area (Å²) in [4.78, 5) is 0. The number of rotatable bonds is 4. The van der Waals surface area contributed by atoms with Gasteiger partial charge in [-0.2, -0.15) is 11.8 Å². The minimum atomic E-state index is 0.625. The lowest BCUT2D eigenvalue weighted by Gasteiger charge is -2.21. The van der Waals surface area contributed by atoms with E-state index in [1.54, 1.807) is 0 Å². The van der Waals surface area contributed by atoms with Gasteiger partial charge in [0.25, 0.3) is 0 Å². The van der Waals surface area contributed by atoms with Crippen molar-refractivity contribution in [3.8, 4) is 0 Å². The summed E-state index contributed by atoms with van der Waals surface area (Å²) in [5.74, 6) is 3.48. The van der Waals surface area contributed by atoms with Crippen LogP contribution >= 0.6 is 35.0 Å². The molecule has 1 N–H and O–H groups in total. The Labute approximate surface area is 117 Å². The molecule has 0 radical (unpaired) electrons. The molecule has 1 aliphatic rings. The van der Waals surface area contributed by atoms with Crippen LogP contribution in [0.1, 0.15) is 18.4 Å². The lowest BCUT2D eigenvalue weighted by molar-refractivity contribution is 0.448. The Morgan fingerprint density at radius 2 is 1.94 bits per heavy atom. The van der Waals surface area contributed by atoms with Crippen molar-refractivity contribution in [1.82, 2.24) is 5.32 Å². The Morgan fingerprint density at radius 1 is 1.18 bits per heavy atom. The highest BCUT2D eigenvalue weighted by atomic mass is 35.5. The SMILES string of the molecule is Clc1ccc(CNCC2CCSCC2)cc1Cl. The van der Waals surface area contributed by atoms with Gasteiger partial charge in [-0.3, -0.25) is 0 Å². The molecule has 1 nitrogen and oxygen atoms in total. The minimum Gasteiger partial charge on any atom is -0.312 e. The van der Waals surface area contributed by atoms with Crippen LogP contribution < -0.4 is 5.32 Å². The maximum Gasteiger partial charge on any atom is 0.0595 e. The molecule has 4 heteroatoms. The monoisotopic (exact) mass is 289 g/mol. The van der Waals surface area contributed by atoms with Crippen LogP contribution in [0.15, 0.2) is 18.2 Å². The van der Waals surface area contributed by atoms with Crippen molar-refractivity contribution in [2.45, 2.75) is 19.4 Å². The lowest BCUT2D eigenvalue weighted by atomic mass is 10.0. The summed E-state index contributed by atoms with van der Waals surface area (Å²) >= 11 is 13.9. The largest absolute Gasteiger partial charge is 0.312 e. The van der Waals surface area contributed by atoms with Crippen LogP contribution in [0, 0.1) is 5.92 Å². The fourth-order valence-corrected chi connectivity index (χ4v) is 3.55. The van der Waals surface area contributed by atoms with E-state index in [1.165, 1.54) is 29.9 Å². The fourth-order valence-electron chi connectivity index (χ4n) is 2.02. The summed E-state index contributed by atoms with van der Waals surface area (Å²) in [7, 11) is 0. The first-order valence-electron chi connectivity index (χ1n) is 5.98. The highest BCUT2D eigenvalue weighted by molar-refractivity contribution is 7.99. The van der Waals surface area contributed by atoms with Gasteiger partial charge in [0.15, 0.2) is 0 Å². The molecule has 0 spiro atoms. The van der Waals surface area contributed by atoms with Gasteiger partial charge in [-0.1, -0.05) is 29.3 Å². The minimum absolute atomic E-state index is 0.625. The van der Waals surface area contributed by atoms with E-state index >= 15 is 0 Å². The Bertz CT molecular complexity index is 364. The number of nitrogens with one attached hydrogen (secondary N) is 1. The number of hydrogen-bond donors (Lipinski definition) is 1. The Hall–Kier alpha value is 0.110. The van der Waals surface area contributed by atoms with Crippen molar-refractivity contribution in [3.05, 3.63) is 33.8 Å². The third-order valence-electron chi connectivity index (χ3n) is 3.09. The van der Waals surface area contributed by atoms with Crippen LogP contribution in [-0.2, 0) is 6.54 Å². The van der Waals surface area contributed by atoms with Crippen LogP contribution in [-0.4, -0.2) is 18.1 Å². The van der Waals surface area contributed by atoms with E-state index in [9.17, 15) is 0 Å². The number of thioether (sulfide) groups is 1. The molecule has 17 heavy (non-hydrogen) atoms. The smallest absolute Gasteiger partial charge is 0.0595 e. The number of benzene rings is 1. The molecule has 94 valence electrons. The number of halogens is 2. The molecule has 0 unspecified atom stereocenters. The summed E-state index contributed by atoms with van der Waals surface area (Å²) in [6, 6.07) is 5.82. The summed E-state index contributed by atoms with van der Waals surface area (Å²) in [5.41, 5.74) is 1.20. The van der Waals surface area contributed by atoms with Gasteiger partial charge in [0.1, 0.15) is 0 Å². The van der Waals surface area contributed by atoms with Crippen LogP contribution in [0.25, 0.3) is 0 Å². The molecule has 1 aromatic carbocycles. The zero-order chi connectivity index (χ0) is 12.1. The molecule has 2 rings (SSSR count). The van der Waals surface area contributed by atoms with Gasteiger partial charge >= 0.3 is 0 Å². The van der Waals surface area contributed by atoms with Gasteiger partial charge < -0.3 is 5.32 Å². The molecule has 0 amide bonds. The highest BCUT2D eigenvalue weighted by Gasteiger charge is 2.12. The summed E-state index contributed by atoms with van der Waals surface area (Å²) in [6.45, 7) is 1.99. The quantitative estimate of drug-likeness (QED) is 0.890. The maximum atomic E-state index is 5.98. The second-order valence-corrected chi connectivity index (χ2v) is 6.47. The first-order chi connectivity index (χ1) is 8.25. The van der Waals surface area contributed by atoms with Crippen molar-refractivity contribution in [2.75, 3.05) is 18.1 Å². The molecular weight excluding hydrogens is 273 g/mol. The zero-order valence-electron chi connectivity index (χ0n) is 9.72. The average Bonchev–Trinajstić information content (AvgIpc) is 2.35. The van der Waals surface area contributed by atoms with E-state index in [2.05, 4.69) is 17.1 Å². The van der Waals surface area contributed by atoms with Gasteiger partial charge in [-0.15, -0.1) is 0 Å². The molecular formula is C13H17Cl2NS. The predicted octanol–water partition coefficient (Wildman–Crippen LogP) is 4.23. The van der Waals surface area contributed by atoms with E-state index in [0.29, 0.717) is 10.0 Å². The Morgan fingerprint density at radius 3 is 2.65 bits per heavy atom. The standard InChI is InChI=1S/C13H17Cl2NS/c14-12-2-1-11(7-13(12)15)9-16-8-10-3-5-17-6-4-10/h1-2,7,10,16H,3-6,8-9H2. The molecule has 0 saturated carbocycles. The van der Waals surface area contributed by atoms with E-state index in [-0.39, 0.29) is 0 Å². The molecule has 0 aromatic heterocycles. The first-order valence-corrected chi connectivity index (χ1v) is 7.89. The molecule has 1 heterocycles. The fraction of sp³-hybridized carbons (Fsp3) is 0.538.